The van der Waals surface area contributed by atoms with Gasteiger partial charge in [0, 0.05) is 0 Å². The monoisotopic (exact) mass is 250 g/mol. The molecule has 17 heavy (non-hydrogen) atoms. The van der Waals surface area contributed by atoms with Crippen LogP contribution in [0.2, 0.25) is 0 Å². The van der Waals surface area contributed by atoms with Gasteiger partial charge in [0.25, 0.3) is 0 Å². The van der Waals surface area contributed by atoms with E-state index in [9.17, 15) is 13.3 Å². The van der Waals surface area contributed by atoms with Crippen molar-refractivity contribution in [1.29, 1.82) is 0 Å². The fourth-order valence-corrected chi connectivity index (χ4v) is 2.19. The number of benzene rings is 2. The van der Waals surface area contributed by atoms with E-state index < -0.39 is 5.66 Å². The minimum absolute atomic E-state index is 0.102. The Morgan fingerprint density at radius 1 is 0.765 bits per heavy atom. The van der Waals surface area contributed by atoms with Gasteiger partial charge in [0.15, 0.2) is 8.46 Å². The average molecular weight is 250 g/mol. The van der Waals surface area contributed by atoms with Crippen molar-refractivity contribution in [2.75, 3.05) is 0 Å². The summed E-state index contributed by atoms with van der Waals surface area (Å²) in [6.45, 7) is 0. The van der Waals surface area contributed by atoms with E-state index in [-0.39, 0.29) is 20.1 Å². The van der Waals surface area contributed by atoms with E-state index in [1.807, 2.05) is 0 Å². The molecule has 2 aromatic rings. The molecule has 0 spiro atoms. The molecule has 0 fully saturated rings. The molecule has 0 N–H and O–H groups in total. The second-order valence-corrected chi connectivity index (χ2v) is 4.34. The van der Waals surface area contributed by atoms with Gasteiger partial charge in [-0.15, -0.1) is 0 Å². The lowest BCUT2D eigenvalue weighted by Crippen LogP contribution is -1.93. The molecule has 0 aliphatic rings. The Morgan fingerprint density at radius 2 is 1.12 bits per heavy atom. The summed E-state index contributed by atoms with van der Waals surface area (Å²) in [7, 11) is -0.102. The van der Waals surface area contributed by atoms with Crippen LogP contribution < -0.4 is 0 Å². The van der Waals surface area contributed by atoms with Crippen molar-refractivity contribution in [1.82, 2.24) is 0 Å². The lowest BCUT2D eigenvalue weighted by atomic mass is 10.0. The zero-order valence-electron chi connectivity index (χ0n) is 8.81. The number of hydrogen-bond donors (Lipinski definition) is 0. The van der Waals surface area contributed by atoms with Crippen LogP contribution in [-0.2, 0) is 4.57 Å². The molecule has 0 saturated heterocycles. The third-order valence-electron chi connectivity index (χ3n) is 2.48. The largest absolute Gasteiger partial charge is 0.274 e. The lowest BCUT2D eigenvalue weighted by molar-refractivity contribution is 0.594. The van der Waals surface area contributed by atoms with E-state index >= 15 is 0 Å². The maximum absolute atomic E-state index is 12.8. The van der Waals surface area contributed by atoms with Crippen LogP contribution in [-0.4, -0.2) is 0 Å². The van der Waals surface area contributed by atoms with Crippen LogP contribution in [0, 0.1) is 11.6 Å². The summed E-state index contributed by atoms with van der Waals surface area (Å²) in [6.07, 6.45) is 0. The summed E-state index contributed by atoms with van der Waals surface area (Å²) in [5.74, 6) is -0.677. The molecule has 0 unspecified atom stereocenters. The highest BCUT2D eigenvalue weighted by Crippen LogP contribution is 2.34. The van der Waals surface area contributed by atoms with Gasteiger partial charge in [0.1, 0.15) is 11.6 Å². The van der Waals surface area contributed by atoms with Crippen LogP contribution in [0.3, 0.4) is 0 Å². The predicted octanol–water partition coefficient (Wildman–Crippen LogP) is 4.35. The van der Waals surface area contributed by atoms with E-state index in [4.69, 9.17) is 0 Å². The summed E-state index contributed by atoms with van der Waals surface area (Å²) < 4.78 is 36.7. The summed E-state index contributed by atoms with van der Waals surface area (Å²) in [5, 5.41) is 0. The Balaban J connectivity index is 2.36. The van der Waals surface area contributed by atoms with Gasteiger partial charge in [0.2, 0.25) is 0 Å². The molecular weight excluding hydrogens is 241 g/mol. The molecule has 2 aromatic carbocycles. The minimum Gasteiger partial charge on any atom is -0.274 e. The number of halogens is 2. The van der Waals surface area contributed by atoms with Crippen LogP contribution in [0.5, 0.6) is 0 Å². The smallest absolute Gasteiger partial charge is 0.168 e. The maximum Gasteiger partial charge on any atom is 0.168 e. The van der Waals surface area contributed by atoms with Crippen LogP contribution in [0.15, 0.2) is 48.5 Å². The first-order chi connectivity index (χ1) is 8.20. The third kappa shape index (κ3) is 2.75. The topological polar surface area (TPSA) is 17.1 Å². The first-order valence-electron chi connectivity index (χ1n) is 5.04. The molecule has 0 aromatic heterocycles. The van der Waals surface area contributed by atoms with Crippen molar-refractivity contribution < 1.29 is 13.3 Å². The van der Waals surface area contributed by atoms with Crippen molar-refractivity contribution in [3.05, 3.63) is 71.3 Å². The Kier molecular flexibility index (Phi) is 3.60. The van der Waals surface area contributed by atoms with E-state index in [2.05, 4.69) is 0 Å². The lowest BCUT2D eigenvalue weighted by Gasteiger charge is -2.09. The van der Waals surface area contributed by atoms with Gasteiger partial charge in [-0.2, -0.15) is 0 Å². The molecule has 1 nitrogen and oxygen atoms in total. The molecule has 86 valence electrons. The first kappa shape index (κ1) is 11.9. The second-order valence-electron chi connectivity index (χ2n) is 3.61. The normalized spacial score (nSPS) is 11.0. The maximum atomic E-state index is 12.8. The Bertz CT molecular complexity index is 462. The van der Waals surface area contributed by atoms with E-state index in [0.29, 0.717) is 0 Å². The molecule has 0 aliphatic carbocycles. The Morgan fingerprint density at radius 3 is 1.41 bits per heavy atom. The van der Waals surface area contributed by atoms with Crippen molar-refractivity contribution in [2.45, 2.75) is 5.66 Å². The average Bonchev–Trinajstić information content (AvgIpc) is 2.35. The zero-order chi connectivity index (χ0) is 12.3. The van der Waals surface area contributed by atoms with Crippen LogP contribution in [0.4, 0.5) is 8.78 Å². The van der Waals surface area contributed by atoms with E-state index in [1.54, 1.807) is 24.3 Å². The molecule has 0 aliphatic heterocycles. The van der Waals surface area contributed by atoms with Gasteiger partial charge in [-0.3, -0.25) is 4.57 Å². The van der Waals surface area contributed by atoms with E-state index in [0.717, 1.165) is 11.1 Å². The van der Waals surface area contributed by atoms with Crippen molar-refractivity contribution in [3.63, 3.8) is 0 Å². The summed E-state index contributed by atoms with van der Waals surface area (Å²) >= 11 is 0. The molecule has 0 bridgehead atoms. The van der Waals surface area contributed by atoms with Crippen molar-refractivity contribution in [2.24, 2.45) is 0 Å². The van der Waals surface area contributed by atoms with Crippen molar-refractivity contribution >= 4 is 8.46 Å². The SMILES string of the molecule is O=PC(c1ccc(F)cc1)c1ccc(F)cc1. The van der Waals surface area contributed by atoms with E-state index in [1.165, 1.54) is 24.3 Å². The van der Waals surface area contributed by atoms with Gasteiger partial charge in [-0.05, 0) is 35.4 Å². The Hall–Kier alpha value is -1.60. The fourth-order valence-electron chi connectivity index (χ4n) is 1.60. The van der Waals surface area contributed by atoms with Crippen LogP contribution in [0.25, 0.3) is 0 Å². The molecule has 0 saturated carbocycles. The van der Waals surface area contributed by atoms with Gasteiger partial charge in [-0.25, -0.2) is 8.78 Å². The standard InChI is InChI=1S/C13H9F2OP/c14-11-5-1-9(2-6-11)13(17-16)10-3-7-12(15)8-4-10/h1-8,13H. The fraction of sp³-hybridized carbons (Fsp3) is 0.0769. The van der Waals surface area contributed by atoms with Crippen LogP contribution in [0.1, 0.15) is 16.8 Å². The number of rotatable bonds is 3. The molecule has 0 radical (unpaired) electrons. The van der Waals surface area contributed by atoms with Gasteiger partial charge < -0.3 is 0 Å². The van der Waals surface area contributed by atoms with Crippen LogP contribution >= 0.6 is 8.46 Å². The van der Waals surface area contributed by atoms with Crippen molar-refractivity contribution in [3.8, 4) is 0 Å². The first-order valence-corrected chi connectivity index (χ1v) is 5.92. The highest BCUT2D eigenvalue weighted by Gasteiger charge is 2.14. The van der Waals surface area contributed by atoms with Gasteiger partial charge >= 0.3 is 0 Å². The zero-order valence-corrected chi connectivity index (χ0v) is 9.70. The summed E-state index contributed by atoms with van der Waals surface area (Å²) in [6, 6.07) is 11.6. The van der Waals surface area contributed by atoms with Gasteiger partial charge in [0.05, 0.1) is 5.66 Å². The molecule has 4 heteroatoms. The molecule has 2 rings (SSSR count). The molecule has 0 heterocycles. The summed E-state index contributed by atoms with van der Waals surface area (Å²) in [4.78, 5) is 0. The minimum atomic E-state index is -0.392. The number of hydrogen-bond acceptors (Lipinski definition) is 1. The quantitative estimate of drug-likeness (QED) is 0.740. The summed E-state index contributed by atoms with van der Waals surface area (Å²) in [5.41, 5.74) is 1.07. The van der Waals surface area contributed by atoms with Gasteiger partial charge in [-0.1, -0.05) is 24.3 Å². The Labute approximate surface area is 99.3 Å². The third-order valence-corrected chi connectivity index (χ3v) is 3.28. The molecule has 0 atom stereocenters. The highest BCUT2D eigenvalue weighted by molar-refractivity contribution is 7.24. The molecule has 0 amide bonds. The predicted molar refractivity (Wildman–Crippen MR) is 62.2 cm³/mol. The second kappa shape index (κ2) is 5.15. The highest BCUT2D eigenvalue weighted by atomic mass is 31.1. The molecular formula is C13H9F2OP.